The van der Waals surface area contributed by atoms with Gasteiger partial charge >= 0.3 is 11.9 Å². The van der Waals surface area contributed by atoms with Gasteiger partial charge in [-0.05, 0) is 50.7 Å². The average molecular weight is 607 g/mol. The first-order chi connectivity index (χ1) is 20.3. The molecule has 1 N–H and O–H groups in total. The lowest BCUT2D eigenvalue weighted by Crippen LogP contribution is -2.19. The molecule has 0 bridgehead atoms. The Morgan fingerprint density at radius 1 is 0.643 bits per heavy atom. The molecule has 7 nitrogen and oxygen atoms in total. The summed E-state index contributed by atoms with van der Waals surface area (Å²) in [6.45, 7) is 4.52. The number of esters is 2. The summed E-state index contributed by atoms with van der Waals surface area (Å²) in [5.74, 6) is -1.84. The van der Waals surface area contributed by atoms with Crippen LogP contribution in [-0.4, -0.2) is 38.1 Å². The van der Waals surface area contributed by atoms with Crippen LogP contribution in [0.3, 0.4) is 0 Å². The number of carbonyl (C=O) groups excluding carboxylic acids is 2. The molecule has 0 radical (unpaired) electrons. The average Bonchev–Trinajstić information content (AvgIpc) is 2.97. The summed E-state index contributed by atoms with van der Waals surface area (Å²) in [4.78, 5) is 24.9. The highest BCUT2D eigenvalue weighted by atomic mass is 32.2. The van der Waals surface area contributed by atoms with Gasteiger partial charge < -0.3 is 9.47 Å². The Bertz CT molecular complexity index is 1040. The molecule has 0 saturated carbocycles. The molecule has 0 amide bonds. The molecule has 1 rings (SSSR count). The maximum Gasteiger partial charge on any atom is 0.340 e. The minimum atomic E-state index is -4.77. The molecule has 0 atom stereocenters. The zero-order chi connectivity index (χ0) is 30.9. The van der Waals surface area contributed by atoms with Gasteiger partial charge in [0.15, 0.2) is 0 Å². The number of unbranched alkanes of at least 4 members (excludes halogenated alkanes) is 14. The monoisotopic (exact) mass is 606 g/mol. The van der Waals surface area contributed by atoms with Crippen LogP contribution in [0.2, 0.25) is 0 Å². The molecule has 8 heteroatoms. The maximum absolute atomic E-state index is 12.9. The SMILES string of the molecule is CCCCCCCCC/C=C/CCOC(=O)c1cccc(S(=O)(=O)O)c1C(=O)OCC/C=C/CCCCCCCCC. The Hall–Kier alpha value is -2.45. The number of benzene rings is 1. The van der Waals surface area contributed by atoms with Crippen molar-refractivity contribution in [2.24, 2.45) is 0 Å². The Kier molecular flexibility index (Phi) is 21.5. The van der Waals surface area contributed by atoms with Gasteiger partial charge in [0.1, 0.15) is 4.90 Å². The molecule has 0 aliphatic heterocycles. The Morgan fingerprint density at radius 2 is 1.07 bits per heavy atom. The molecular weight excluding hydrogens is 552 g/mol. The van der Waals surface area contributed by atoms with Crippen molar-refractivity contribution in [2.45, 2.75) is 134 Å². The van der Waals surface area contributed by atoms with Gasteiger partial charge in [-0.25, -0.2) is 9.59 Å². The number of carbonyl (C=O) groups is 2. The summed E-state index contributed by atoms with van der Waals surface area (Å²) in [5, 5.41) is 0. The molecule has 0 aromatic heterocycles. The fraction of sp³-hybridized carbons (Fsp3) is 0.647. The van der Waals surface area contributed by atoms with Crippen LogP contribution in [0, 0.1) is 0 Å². The van der Waals surface area contributed by atoms with E-state index < -0.39 is 32.5 Å². The summed E-state index contributed by atoms with van der Waals surface area (Å²) < 4.78 is 44.2. The van der Waals surface area contributed by atoms with Gasteiger partial charge in [0.2, 0.25) is 0 Å². The highest BCUT2D eigenvalue weighted by Crippen LogP contribution is 2.22. The molecule has 238 valence electrons. The van der Waals surface area contributed by atoms with Crippen molar-refractivity contribution in [3.05, 3.63) is 53.6 Å². The first kappa shape index (κ1) is 37.6. The molecule has 1 aromatic rings. The molecule has 0 fully saturated rings. The minimum absolute atomic E-state index is 0.0180. The maximum atomic E-state index is 12.9. The highest BCUT2D eigenvalue weighted by Gasteiger charge is 2.28. The molecule has 0 aliphatic carbocycles. The van der Waals surface area contributed by atoms with Crippen LogP contribution >= 0.6 is 0 Å². The summed E-state index contributed by atoms with van der Waals surface area (Å²) in [5.41, 5.74) is -0.761. The Labute approximate surface area is 254 Å². The smallest absolute Gasteiger partial charge is 0.340 e. The van der Waals surface area contributed by atoms with Crippen molar-refractivity contribution in [3.63, 3.8) is 0 Å². The highest BCUT2D eigenvalue weighted by molar-refractivity contribution is 7.86. The summed E-state index contributed by atoms with van der Waals surface area (Å²) >= 11 is 0. The van der Waals surface area contributed by atoms with E-state index in [0.717, 1.165) is 31.7 Å². The van der Waals surface area contributed by atoms with Crippen LogP contribution in [0.5, 0.6) is 0 Å². The van der Waals surface area contributed by atoms with Gasteiger partial charge in [0, 0.05) is 0 Å². The van der Waals surface area contributed by atoms with E-state index in [9.17, 15) is 22.6 Å². The van der Waals surface area contributed by atoms with E-state index >= 15 is 0 Å². The summed E-state index contributed by atoms with van der Waals surface area (Å²) in [7, 11) is -4.77. The number of allylic oxidation sites excluding steroid dienone is 2. The molecule has 42 heavy (non-hydrogen) atoms. The van der Waals surface area contributed by atoms with E-state index in [0.29, 0.717) is 12.8 Å². The minimum Gasteiger partial charge on any atom is -0.462 e. The standard InChI is InChI=1S/C34H54O7S/c1-3-5-7-9-11-13-15-17-19-21-23-28-40-33(35)30-26-25-27-31(42(37,38)39)32(30)34(36)41-29-24-22-20-18-16-14-12-10-8-6-4-2/h19-22,25-27H,3-18,23-24,28-29H2,1-2H3,(H,37,38,39)/b21-19+,22-20+. The quantitative estimate of drug-likeness (QED) is 0.0511. The second-order valence-electron chi connectivity index (χ2n) is 10.8. The third-order valence-corrected chi connectivity index (χ3v) is 7.94. The van der Waals surface area contributed by atoms with Gasteiger partial charge in [-0.15, -0.1) is 0 Å². The first-order valence-electron chi connectivity index (χ1n) is 16.1. The van der Waals surface area contributed by atoms with Crippen molar-refractivity contribution in [3.8, 4) is 0 Å². The van der Waals surface area contributed by atoms with Crippen molar-refractivity contribution in [1.29, 1.82) is 0 Å². The molecule has 0 unspecified atom stereocenters. The molecule has 1 aromatic carbocycles. The van der Waals surface area contributed by atoms with Crippen molar-refractivity contribution >= 4 is 22.1 Å². The number of hydrogen-bond donors (Lipinski definition) is 1. The third kappa shape index (κ3) is 17.5. The second-order valence-corrected chi connectivity index (χ2v) is 12.2. The molecular formula is C34H54O7S. The van der Waals surface area contributed by atoms with Gasteiger partial charge in [-0.1, -0.05) is 121 Å². The van der Waals surface area contributed by atoms with Gasteiger partial charge in [0.05, 0.1) is 24.3 Å². The van der Waals surface area contributed by atoms with E-state index in [2.05, 4.69) is 26.0 Å². The molecule has 0 saturated heterocycles. The van der Waals surface area contributed by atoms with Gasteiger partial charge in [0.25, 0.3) is 10.1 Å². The predicted molar refractivity (Wildman–Crippen MR) is 170 cm³/mol. The van der Waals surface area contributed by atoms with Crippen LogP contribution in [0.25, 0.3) is 0 Å². The van der Waals surface area contributed by atoms with Crippen molar-refractivity contribution in [1.82, 2.24) is 0 Å². The topological polar surface area (TPSA) is 107 Å². The van der Waals surface area contributed by atoms with E-state index in [1.54, 1.807) is 0 Å². The number of ether oxygens (including phenoxy) is 2. The van der Waals surface area contributed by atoms with E-state index in [4.69, 9.17) is 9.47 Å². The first-order valence-corrected chi connectivity index (χ1v) is 17.5. The Morgan fingerprint density at radius 3 is 1.55 bits per heavy atom. The molecule has 0 heterocycles. The fourth-order valence-electron chi connectivity index (χ4n) is 4.63. The van der Waals surface area contributed by atoms with Gasteiger partial charge in [-0.2, -0.15) is 8.42 Å². The number of hydrogen-bond acceptors (Lipinski definition) is 6. The lowest BCUT2D eigenvalue weighted by molar-refractivity contribution is 0.0460. The van der Waals surface area contributed by atoms with Crippen LogP contribution in [0.15, 0.2) is 47.4 Å². The van der Waals surface area contributed by atoms with Crippen molar-refractivity contribution in [2.75, 3.05) is 13.2 Å². The van der Waals surface area contributed by atoms with Gasteiger partial charge in [-0.3, -0.25) is 4.55 Å². The number of rotatable bonds is 25. The van der Waals surface area contributed by atoms with E-state index in [1.165, 1.54) is 89.2 Å². The summed E-state index contributed by atoms with van der Waals surface area (Å²) in [6.07, 6.45) is 28.3. The summed E-state index contributed by atoms with van der Waals surface area (Å²) in [6, 6.07) is 3.65. The van der Waals surface area contributed by atoms with Crippen molar-refractivity contribution < 1.29 is 32.0 Å². The normalized spacial score (nSPS) is 11.9. The second kappa shape index (κ2) is 24.0. The van der Waals surface area contributed by atoms with Crippen LogP contribution in [-0.2, 0) is 19.6 Å². The lowest BCUT2D eigenvalue weighted by atomic mass is 10.1. The predicted octanol–water partition coefficient (Wildman–Crippen LogP) is 9.42. The van der Waals surface area contributed by atoms with Crippen LogP contribution in [0.4, 0.5) is 0 Å². The largest absolute Gasteiger partial charge is 0.462 e. The zero-order valence-corrected chi connectivity index (χ0v) is 26.8. The third-order valence-electron chi connectivity index (χ3n) is 7.05. The zero-order valence-electron chi connectivity index (χ0n) is 26.0. The fourth-order valence-corrected chi connectivity index (χ4v) is 5.33. The molecule has 0 aliphatic rings. The van der Waals surface area contributed by atoms with E-state index in [1.807, 2.05) is 12.2 Å². The van der Waals surface area contributed by atoms with E-state index in [-0.39, 0.29) is 18.8 Å². The lowest BCUT2D eigenvalue weighted by Gasteiger charge is -2.12. The molecule has 0 spiro atoms. The van der Waals surface area contributed by atoms with Crippen LogP contribution < -0.4 is 0 Å². The Balaban J connectivity index is 2.52. The van der Waals surface area contributed by atoms with Crippen LogP contribution in [0.1, 0.15) is 150 Å².